The molecule has 0 aliphatic heterocycles. The lowest BCUT2D eigenvalue weighted by molar-refractivity contribution is -0.123. The fourth-order valence-electron chi connectivity index (χ4n) is 1.75. The Morgan fingerprint density at radius 2 is 1.67 bits per heavy atom. The molecule has 0 aromatic rings. The highest BCUT2D eigenvalue weighted by molar-refractivity contribution is 9.09. The largest absolute Gasteiger partial charge is 0.351 e. The van der Waals surface area contributed by atoms with Crippen LogP contribution in [0.25, 0.3) is 0 Å². The molecule has 0 bridgehead atoms. The summed E-state index contributed by atoms with van der Waals surface area (Å²) in [5.41, 5.74) is 0.0332. The van der Waals surface area contributed by atoms with Gasteiger partial charge in [0, 0.05) is 17.3 Å². The monoisotopic (exact) mass is 277 g/mol. The van der Waals surface area contributed by atoms with Gasteiger partial charge in [-0.25, -0.2) is 0 Å². The second-order valence-electron chi connectivity index (χ2n) is 4.04. The topological polar surface area (TPSA) is 29.1 Å². The van der Waals surface area contributed by atoms with E-state index in [0.29, 0.717) is 6.42 Å². The summed E-state index contributed by atoms with van der Waals surface area (Å²) in [7, 11) is 0. The van der Waals surface area contributed by atoms with Crippen molar-refractivity contribution in [1.82, 2.24) is 5.32 Å². The fraction of sp³-hybridized carbons (Fsp3) is 0.917. The molecule has 0 aromatic carbocycles. The highest BCUT2D eigenvalue weighted by Crippen LogP contribution is 2.19. The van der Waals surface area contributed by atoms with E-state index in [1.54, 1.807) is 0 Å². The first-order chi connectivity index (χ1) is 7.14. The Morgan fingerprint density at radius 1 is 1.13 bits per heavy atom. The molecule has 0 aliphatic rings. The summed E-state index contributed by atoms with van der Waals surface area (Å²) < 4.78 is 0. The van der Waals surface area contributed by atoms with Gasteiger partial charge in [-0.3, -0.25) is 4.79 Å². The summed E-state index contributed by atoms with van der Waals surface area (Å²) in [4.78, 5) is 11.7. The van der Waals surface area contributed by atoms with Gasteiger partial charge in [-0.2, -0.15) is 0 Å². The third-order valence-corrected chi connectivity index (χ3v) is 3.78. The Morgan fingerprint density at radius 3 is 2.07 bits per heavy atom. The lowest BCUT2D eigenvalue weighted by atomic mass is 9.89. The maximum absolute atomic E-state index is 11.7. The molecule has 15 heavy (non-hydrogen) atoms. The van der Waals surface area contributed by atoms with Crippen LogP contribution in [0, 0.1) is 0 Å². The van der Waals surface area contributed by atoms with Crippen molar-refractivity contribution >= 4 is 21.8 Å². The number of nitrogens with one attached hydrogen (secondary N) is 1. The first kappa shape index (κ1) is 14.9. The van der Waals surface area contributed by atoms with E-state index in [2.05, 4.69) is 42.0 Å². The maximum Gasteiger partial charge on any atom is 0.220 e. The standard InChI is InChI=1S/C12H24BrNO/c1-4-12(5-2,6-3)14-11(15)9-7-8-10-13/h4-10H2,1-3H3,(H,14,15). The first-order valence-electron chi connectivity index (χ1n) is 6.01. The minimum atomic E-state index is 0.0332. The number of hydrogen-bond donors (Lipinski definition) is 1. The van der Waals surface area contributed by atoms with Crippen LogP contribution in [0.1, 0.15) is 59.3 Å². The molecule has 0 rings (SSSR count). The molecule has 0 saturated carbocycles. The third-order valence-electron chi connectivity index (χ3n) is 3.22. The van der Waals surface area contributed by atoms with Crippen molar-refractivity contribution in [3.63, 3.8) is 0 Å². The van der Waals surface area contributed by atoms with Gasteiger partial charge >= 0.3 is 0 Å². The number of hydrogen-bond acceptors (Lipinski definition) is 1. The molecule has 0 radical (unpaired) electrons. The van der Waals surface area contributed by atoms with Gasteiger partial charge in [-0.15, -0.1) is 0 Å². The van der Waals surface area contributed by atoms with E-state index in [9.17, 15) is 4.79 Å². The quantitative estimate of drug-likeness (QED) is 0.533. The SMILES string of the molecule is CCC(CC)(CC)NC(=O)CCCCBr. The van der Waals surface area contributed by atoms with Gasteiger partial charge in [0.05, 0.1) is 0 Å². The van der Waals surface area contributed by atoms with E-state index < -0.39 is 0 Å². The van der Waals surface area contributed by atoms with Crippen molar-refractivity contribution in [2.45, 2.75) is 64.8 Å². The molecule has 0 spiro atoms. The zero-order valence-corrected chi connectivity index (χ0v) is 11.8. The van der Waals surface area contributed by atoms with Crippen LogP contribution in [0.3, 0.4) is 0 Å². The minimum Gasteiger partial charge on any atom is -0.351 e. The van der Waals surface area contributed by atoms with Crippen LogP contribution in [0.2, 0.25) is 0 Å². The van der Waals surface area contributed by atoms with Crippen LogP contribution in [0.5, 0.6) is 0 Å². The van der Waals surface area contributed by atoms with Crippen LogP contribution in [-0.2, 0) is 4.79 Å². The van der Waals surface area contributed by atoms with Crippen LogP contribution in [0.15, 0.2) is 0 Å². The smallest absolute Gasteiger partial charge is 0.220 e. The summed E-state index contributed by atoms with van der Waals surface area (Å²) in [6.07, 6.45) is 5.76. The fourth-order valence-corrected chi connectivity index (χ4v) is 2.15. The van der Waals surface area contributed by atoms with Crippen molar-refractivity contribution in [3.05, 3.63) is 0 Å². The van der Waals surface area contributed by atoms with Crippen molar-refractivity contribution in [3.8, 4) is 0 Å². The second-order valence-corrected chi connectivity index (χ2v) is 4.83. The van der Waals surface area contributed by atoms with E-state index in [4.69, 9.17) is 0 Å². The maximum atomic E-state index is 11.7. The van der Waals surface area contributed by atoms with Gasteiger partial charge in [-0.05, 0) is 32.1 Å². The van der Waals surface area contributed by atoms with Gasteiger partial charge in [0.2, 0.25) is 5.91 Å². The molecule has 0 saturated heterocycles. The van der Waals surface area contributed by atoms with E-state index >= 15 is 0 Å². The lowest BCUT2D eigenvalue weighted by Gasteiger charge is -2.31. The van der Waals surface area contributed by atoms with E-state index in [1.807, 2.05) is 0 Å². The predicted octanol–water partition coefficient (Wildman–Crippen LogP) is 3.64. The number of carbonyl (C=O) groups is 1. The van der Waals surface area contributed by atoms with Crippen molar-refractivity contribution in [2.24, 2.45) is 0 Å². The van der Waals surface area contributed by atoms with E-state index in [0.717, 1.165) is 37.4 Å². The molecular formula is C12H24BrNO. The molecule has 90 valence electrons. The highest BCUT2D eigenvalue weighted by Gasteiger charge is 2.25. The number of unbranched alkanes of at least 4 members (excludes halogenated alkanes) is 1. The molecule has 1 N–H and O–H groups in total. The Labute approximate surface area is 102 Å². The van der Waals surface area contributed by atoms with Crippen molar-refractivity contribution in [1.29, 1.82) is 0 Å². The molecule has 2 nitrogen and oxygen atoms in total. The molecule has 0 aliphatic carbocycles. The average molecular weight is 278 g/mol. The number of carbonyl (C=O) groups excluding carboxylic acids is 1. The number of alkyl halides is 1. The molecule has 0 aromatic heterocycles. The zero-order chi connectivity index (χ0) is 11.7. The Balaban J connectivity index is 4.00. The summed E-state index contributed by atoms with van der Waals surface area (Å²) in [5.74, 6) is 0.210. The summed E-state index contributed by atoms with van der Waals surface area (Å²) >= 11 is 3.37. The molecule has 1 amide bonds. The number of amides is 1. The van der Waals surface area contributed by atoms with Gasteiger partial charge < -0.3 is 5.32 Å². The summed E-state index contributed by atoms with van der Waals surface area (Å²) in [6, 6.07) is 0. The average Bonchev–Trinajstić information content (AvgIpc) is 2.26. The Kier molecular flexibility index (Phi) is 8.12. The van der Waals surface area contributed by atoms with E-state index in [1.165, 1.54) is 0 Å². The molecule has 0 atom stereocenters. The molecule has 0 unspecified atom stereocenters. The molecule has 0 heterocycles. The van der Waals surface area contributed by atoms with Gasteiger partial charge in [0.25, 0.3) is 0 Å². The number of rotatable bonds is 8. The van der Waals surface area contributed by atoms with Crippen LogP contribution >= 0.6 is 15.9 Å². The first-order valence-corrected chi connectivity index (χ1v) is 7.13. The summed E-state index contributed by atoms with van der Waals surface area (Å²) in [6.45, 7) is 6.43. The van der Waals surface area contributed by atoms with Gasteiger partial charge in [-0.1, -0.05) is 36.7 Å². The summed E-state index contributed by atoms with van der Waals surface area (Å²) in [5, 5.41) is 4.17. The zero-order valence-electron chi connectivity index (χ0n) is 10.2. The second kappa shape index (κ2) is 8.14. The van der Waals surface area contributed by atoms with Crippen LogP contribution < -0.4 is 5.32 Å². The minimum absolute atomic E-state index is 0.0332. The van der Waals surface area contributed by atoms with Crippen molar-refractivity contribution in [2.75, 3.05) is 5.33 Å². The normalized spacial score (nSPS) is 11.5. The van der Waals surface area contributed by atoms with Crippen LogP contribution in [0.4, 0.5) is 0 Å². The third kappa shape index (κ3) is 5.55. The number of halogens is 1. The molecule has 3 heteroatoms. The highest BCUT2D eigenvalue weighted by atomic mass is 79.9. The molecule has 0 fully saturated rings. The van der Waals surface area contributed by atoms with Gasteiger partial charge in [0.15, 0.2) is 0 Å². The molecular weight excluding hydrogens is 254 g/mol. The predicted molar refractivity (Wildman–Crippen MR) is 69.4 cm³/mol. The Hall–Kier alpha value is -0.0500. The lowest BCUT2D eigenvalue weighted by Crippen LogP contribution is -2.47. The van der Waals surface area contributed by atoms with Crippen LogP contribution in [-0.4, -0.2) is 16.8 Å². The Bertz CT molecular complexity index is 170. The van der Waals surface area contributed by atoms with Gasteiger partial charge in [0.1, 0.15) is 0 Å². The van der Waals surface area contributed by atoms with E-state index in [-0.39, 0.29) is 11.4 Å². The van der Waals surface area contributed by atoms with Crippen molar-refractivity contribution < 1.29 is 4.79 Å².